The van der Waals surface area contributed by atoms with Crippen LogP contribution in [0.15, 0.2) is 33.9 Å². The van der Waals surface area contributed by atoms with Crippen LogP contribution in [0.2, 0.25) is 0 Å². The van der Waals surface area contributed by atoms with Crippen LogP contribution >= 0.6 is 27.7 Å². The highest BCUT2D eigenvalue weighted by molar-refractivity contribution is 9.10. The second kappa shape index (κ2) is 6.23. The Balaban J connectivity index is 1.82. The maximum absolute atomic E-state index is 4.63. The Labute approximate surface area is 136 Å². The van der Waals surface area contributed by atoms with Gasteiger partial charge in [-0.1, -0.05) is 30.8 Å². The lowest BCUT2D eigenvalue weighted by atomic mass is 10.3. The lowest BCUT2D eigenvalue weighted by molar-refractivity contribution is 0.627. The molecule has 3 aromatic rings. The van der Waals surface area contributed by atoms with Crippen LogP contribution in [0.4, 0.5) is 0 Å². The van der Waals surface area contributed by atoms with E-state index < -0.39 is 0 Å². The van der Waals surface area contributed by atoms with Crippen LogP contribution in [0.5, 0.6) is 0 Å². The molecule has 1 aromatic carbocycles. The average Bonchev–Trinajstić information content (AvgIpc) is 3.05. The Kier molecular flexibility index (Phi) is 4.35. The maximum Gasteiger partial charge on any atom is 0.166 e. The minimum Gasteiger partial charge on any atom is -0.333 e. The van der Waals surface area contributed by atoms with Crippen molar-refractivity contribution in [3.63, 3.8) is 0 Å². The molecule has 0 radical (unpaired) electrons. The van der Waals surface area contributed by atoms with Crippen molar-refractivity contribution in [3.8, 4) is 0 Å². The fraction of sp³-hybridized carbons (Fsp3) is 0.333. The summed E-state index contributed by atoms with van der Waals surface area (Å²) in [6.45, 7) is 5.13. The number of benzene rings is 1. The van der Waals surface area contributed by atoms with Crippen molar-refractivity contribution in [3.05, 3.63) is 40.1 Å². The molecular formula is C15H17BrN4S. The molecule has 110 valence electrons. The van der Waals surface area contributed by atoms with Crippen LogP contribution in [0.1, 0.15) is 25.2 Å². The van der Waals surface area contributed by atoms with Crippen LogP contribution in [-0.4, -0.2) is 19.7 Å². The number of hydrogen-bond donors (Lipinski definition) is 1. The van der Waals surface area contributed by atoms with Gasteiger partial charge in [0, 0.05) is 12.3 Å². The first kappa shape index (κ1) is 14.7. The lowest BCUT2D eigenvalue weighted by Gasteiger charge is -2.03. The number of aromatic amines is 1. The van der Waals surface area contributed by atoms with Gasteiger partial charge in [0.2, 0.25) is 0 Å². The Morgan fingerprint density at radius 3 is 2.81 bits per heavy atom. The molecule has 3 rings (SSSR count). The zero-order chi connectivity index (χ0) is 14.8. The summed E-state index contributed by atoms with van der Waals surface area (Å²) in [5, 5.41) is 5.58. The van der Waals surface area contributed by atoms with E-state index in [2.05, 4.69) is 49.5 Å². The minimum absolute atomic E-state index is 0.848. The Morgan fingerprint density at radius 1 is 1.29 bits per heavy atom. The number of para-hydroxylation sites is 2. The molecule has 0 unspecified atom stereocenters. The van der Waals surface area contributed by atoms with Crippen molar-refractivity contribution >= 4 is 38.7 Å². The zero-order valence-corrected chi connectivity index (χ0v) is 14.5. The second-order valence-electron chi connectivity index (χ2n) is 4.72. The first-order chi connectivity index (χ1) is 10.2. The molecule has 2 heterocycles. The molecule has 0 aliphatic heterocycles. The smallest absolute Gasteiger partial charge is 0.166 e. The first-order valence-corrected chi connectivity index (χ1v) is 8.82. The SMILES string of the molecule is CCc1nn(CC)c(CSc2nc3ccccc3[nH]2)c1Br. The highest BCUT2D eigenvalue weighted by Crippen LogP contribution is 2.29. The van der Waals surface area contributed by atoms with Crippen LogP contribution in [0, 0.1) is 0 Å². The summed E-state index contributed by atoms with van der Waals surface area (Å²) in [7, 11) is 0. The summed E-state index contributed by atoms with van der Waals surface area (Å²) in [5.74, 6) is 0.848. The van der Waals surface area contributed by atoms with Crippen molar-refractivity contribution in [2.75, 3.05) is 0 Å². The van der Waals surface area contributed by atoms with Gasteiger partial charge in [0.25, 0.3) is 0 Å². The summed E-state index contributed by atoms with van der Waals surface area (Å²) in [6.07, 6.45) is 0.940. The number of thioether (sulfide) groups is 1. The topological polar surface area (TPSA) is 46.5 Å². The van der Waals surface area contributed by atoms with Crippen molar-refractivity contribution in [1.82, 2.24) is 19.7 Å². The third kappa shape index (κ3) is 2.87. The minimum atomic E-state index is 0.848. The first-order valence-electron chi connectivity index (χ1n) is 7.04. The Morgan fingerprint density at radius 2 is 2.10 bits per heavy atom. The van der Waals surface area contributed by atoms with Crippen LogP contribution in [0.3, 0.4) is 0 Å². The number of nitrogens with zero attached hydrogens (tertiary/aromatic N) is 3. The van der Waals surface area contributed by atoms with E-state index in [1.54, 1.807) is 11.8 Å². The molecule has 0 spiro atoms. The van der Waals surface area contributed by atoms with Crippen molar-refractivity contribution in [2.45, 2.75) is 37.7 Å². The van der Waals surface area contributed by atoms with Crippen molar-refractivity contribution in [2.24, 2.45) is 0 Å². The number of halogens is 1. The van der Waals surface area contributed by atoms with E-state index in [1.807, 2.05) is 24.3 Å². The van der Waals surface area contributed by atoms with E-state index in [9.17, 15) is 0 Å². The molecule has 21 heavy (non-hydrogen) atoms. The number of fused-ring (bicyclic) bond motifs is 1. The Hall–Kier alpha value is -1.27. The van der Waals surface area contributed by atoms with Gasteiger partial charge >= 0.3 is 0 Å². The molecule has 6 heteroatoms. The van der Waals surface area contributed by atoms with E-state index in [-0.39, 0.29) is 0 Å². The molecule has 4 nitrogen and oxygen atoms in total. The number of H-pyrrole nitrogens is 1. The number of rotatable bonds is 5. The zero-order valence-electron chi connectivity index (χ0n) is 12.1. The molecular weight excluding hydrogens is 348 g/mol. The standard InChI is InChI=1S/C15H17BrN4S/c1-3-10-14(16)13(20(4-2)19-10)9-21-15-17-11-7-5-6-8-12(11)18-15/h5-8H,3-4,9H2,1-2H3,(H,17,18). The van der Waals surface area contributed by atoms with Crippen molar-refractivity contribution < 1.29 is 0 Å². The predicted molar refractivity (Wildman–Crippen MR) is 90.6 cm³/mol. The third-order valence-corrected chi connectivity index (χ3v) is 5.21. The average molecular weight is 365 g/mol. The van der Waals surface area contributed by atoms with Gasteiger partial charge in [0.1, 0.15) is 0 Å². The quantitative estimate of drug-likeness (QED) is 0.682. The summed E-state index contributed by atoms with van der Waals surface area (Å²) in [4.78, 5) is 7.95. The molecule has 1 N–H and O–H groups in total. The predicted octanol–water partition coefficient (Wildman–Crippen LogP) is 4.40. The van der Waals surface area contributed by atoms with E-state index in [0.29, 0.717) is 0 Å². The molecule has 0 fully saturated rings. The second-order valence-corrected chi connectivity index (χ2v) is 6.48. The molecule has 0 saturated heterocycles. The van der Waals surface area contributed by atoms with Gasteiger partial charge in [0.05, 0.1) is 26.9 Å². The monoisotopic (exact) mass is 364 g/mol. The largest absolute Gasteiger partial charge is 0.333 e. The fourth-order valence-corrected chi connectivity index (χ4v) is 4.09. The highest BCUT2D eigenvalue weighted by Gasteiger charge is 2.14. The van der Waals surface area contributed by atoms with Gasteiger partial charge in [-0.25, -0.2) is 4.98 Å². The van der Waals surface area contributed by atoms with Crippen LogP contribution in [-0.2, 0) is 18.7 Å². The molecule has 2 aromatic heterocycles. The summed E-state index contributed by atoms with van der Waals surface area (Å²) < 4.78 is 3.20. The molecule has 0 saturated carbocycles. The number of aromatic nitrogens is 4. The van der Waals surface area contributed by atoms with Crippen molar-refractivity contribution in [1.29, 1.82) is 0 Å². The fourth-order valence-electron chi connectivity index (χ4n) is 2.29. The number of aryl methyl sites for hydroxylation is 2. The van der Waals surface area contributed by atoms with E-state index in [4.69, 9.17) is 0 Å². The maximum atomic E-state index is 4.63. The number of hydrogen-bond acceptors (Lipinski definition) is 3. The van der Waals surface area contributed by atoms with Gasteiger partial charge in [0.15, 0.2) is 5.16 Å². The molecule has 0 aliphatic rings. The molecule has 0 amide bonds. The molecule has 0 aliphatic carbocycles. The summed E-state index contributed by atoms with van der Waals surface area (Å²) >= 11 is 5.39. The van der Waals surface area contributed by atoms with Gasteiger partial charge in [-0.15, -0.1) is 0 Å². The highest BCUT2D eigenvalue weighted by atomic mass is 79.9. The molecule has 0 bridgehead atoms. The van der Waals surface area contributed by atoms with Gasteiger partial charge < -0.3 is 4.98 Å². The lowest BCUT2D eigenvalue weighted by Crippen LogP contribution is -2.02. The molecule has 0 atom stereocenters. The number of nitrogens with one attached hydrogen (secondary N) is 1. The summed E-state index contributed by atoms with van der Waals surface area (Å²) in [6, 6.07) is 8.10. The van der Waals surface area contributed by atoms with Crippen LogP contribution < -0.4 is 0 Å². The number of imidazole rings is 1. The summed E-state index contributed by atoms with van der Waals surface area (Å²) in [5.41, 5.74) is 4.44. The van der Waals surface area contributed by atoms with Crippen LogP contribution in [0.25, 0.3) is 11.0 Å². The van der Waals surface area contributed by atoms with Gasteiger partial charge in [-0.3, -0.25) is 4.68 Å². The third-order valence-electron chi connectivity index (χ3n) is 3.41. The van der Waals surface area contributed by atoms with E-state index in [1.165, 1.54) is 5.69 Å². The van der Waals surface area contributed by atoms with E-state index >= 15 is 0 Å². The van der Waals surface area contributed by atoms with Gasteiger partial charge in [-0.05, 0) is 41.4 Å². The normalized spacial score (nSPS) is 11.4. The Bertz CT molecular complexity index is 729. The van der Waals surface area contributed by atoms with Gasteiger partial charge in [-0.2, -0.15) is 5.10 Å². The van der Waals surface area contributed by atoms with E-state index in [0.717, 1.165) is 45.1 Å².